The zero-order valence-electron chi connectivity index (χ0n) is 26.7. The van der Waals surface area contributed by atoms with E-state index < -0.39 is 33.1 Å². The topological polar surface area (TPSA) is 71.1 Å². The first kappa shape index (κ1) is 31.8. The fraction of sp³-hybridized carbons (Fsp3) is 0.933. The second kappa shape index (κ2) is 9.98. The lowest BCUT2D eigenvalue weighted by Gasteiger charge is -2.53. The quantitative estimate of drug-likeness (QED) is 0.221. The predicted molar refractivity (Wildman–Crippen MR) is 157 cm³/mol. The zero-order chi connectivity index (χ0) is 29.3. The molecule has 3 fully saturated rings. The van der Waals surface area contributed by atoms with Gasteiger partial charge in [-0.2, -0.15) is 0 Å². The van der Waals surface area contributed by atoms with Gasteiger partial charge in [0.1, 0.15) is 12.2 Å². The first-order valence-corrected chi connectivity index (χ1v) is 19.9. The molecule has 2 heterocycles. The molecule has 6 nitrogen and oxygen atoms in total. The summed E-state index contributed by atoms with van der Waals surface area (Å²) in [5.41, 5.74) is -0.947. The predicted octanol–water partition coefficient (Wildman–Crippen LogP) is 7.62. The van der Waals surface area contributed by atoms with Crippen LogP contribution in [0.3, 0.4) is 0 Å². The van der Waals surface area contributed by atoms with Crippen molar-refractivity contribution in [3.63, 3.8) is 0 Å². The third kappa shape index (κ3) is 4.48. The summed E-state index contributed by atoms with van der Waals surface area (Å²) in [4.78, 5) is 26.4. The summed E-state index contributed by atoms with van der Waals surface area (Å²) in [6.45, 7) is 31.6. The molecule has 0 aromatic heterocycles. The Kier molecular flexibility index (Phi) is 8.36. The second-order valence-electron chi connectivity index (χ2n) is 15.4. The van der Waals surface area contributed by atoms with E-state index in [-0.39, 0.29) is 54.6 Å². The second-order valence-corrected chi connectivity index (χ2v) is 25.5. The van der Waals surface area contributed by atoms with E-state index in [0.29, 0.717) is 23.0 Å². The van der Waals surface area contributed by atoms with Gasteiger partial charge in [-0.15, -0.1) is 0 Å². The van der Waals surface area contributed by atoms with Gasteiger partial charge in [0.25, 0.3) is 0 Å². The molecule has 2 saturated heterocycles. The highest BCUT2D eigenvalue weighted by atomic mass is 28.4. The molecule has 1 aliphatic carbocycles. The largest absolute Gasteiger partial charge is 0.465 e. The molecular weight excluding hydrogens is 512 g/mol. The number of hydrogen-bond donors (Lipinski definition) is 0. The van der Waals surface area contributed by atoms with E-state index in [2.05, 4.69) is 96.2 Å². The highest BCUT2D eigenvalue weighted by Gasteiger charge is 2.78. The van der Waals surface area contributed by atoms with Gasteiger partial charge in [-0.3, -0.25) is 9.59 Å². The number of carbonyl (C=O) groups is 2. The molecule has 3 rings (SSSR count). The molecule has 220 valence electrons. The SMILES string of the molecule is CC(C)[Si](O[C@@H]1C[C@@]23OC(=O)C[C@@]2(CC(=O)OC[C@@]3(C)[C@@H](C)O[Si](C)(C)C(C)(C)C)[C@@H]1C)(C(C)C)C(C)C. The molecule has 0 bridgehead atoms. The Morgan fingerprint density at radius 3 is 1.89 bits per heavy atom. The minimum atomic E-state index is -2.22. The number of ether oxygens (including phenoxy) is 2. The van der Waals surface area contributed by atoms with Crippen molar-refractivity contribution < 1.29 is 27.9 Å². The Morgan fingerprint density at radius 1 is 0.921 bits per heavy atom. The van der Waals surface area contributed by atoms with Gasteiger partial charge >= 0.3 is 11.9 Å². The van der Waals surface area contributed by atoms with Gasteiger partial charge in [0, 0.05) is 11.8 Å². The fourth-order valence-corrected chi connectivity index (χ4v) is 15.4. The van der Waals surface area contributed by atoms with Crippen LogP contribution in [0, 0.1) is 16.7 Å². The fourth-order valence-electron chi connectivity index (χ4n) is 8.27. The van der Waals surface area contributed by atoms with Gasteiger partial charge in [0.05, 0.1) is 30.5 Å². The summed E-state index contributed by atoms with van der Waals surface area (Å²) in [6.07, 6.45) is 0.631. The third-order valence-corrected chi connectivity index (χ3v) is 22.3. The Morgan fingerprint density at radius 2 is 1.42 bits per heavy atom. The molecule has 8 heteroatoms. The van der Waals surface area contributed by atoms with Crippen molar-refractivity contribution in [2.75, 3.05) is 6.61 Å². The van der Waals surface area contributed by atoms with Crippen LogP contribution in [0.1, 0.15) is 102 Å². The summed E-state index contributed by atoms with van der Waals surface area (Å²) in [5.74, 6) is -0.485. The molecule has 6 atom stereocenters. The number of rotatable bonds is 8. The highest BCUT2D eigenvalue weighted by molar-refractivity contribution is 6.77. The molecule has 0 aromatic rings. The van der Waals surface area contributed by atoms with Gasteiger partial charge in [0.15, 0.2) is 8.32 Å². The number of esters is 2. The standard InChI is InChI=1S/C30H56O6Si2/c1-19(2)38(20(3)4,21(5)6)36-24-15-30-28(12,23(8)35-37(13,14)27(9,10)11)18-33-25(31)16-29(30,22(24)7)17-26(32)34-30/h19-24H,15-18H2,1-14H3/t22-,23-,24-,28+,29+,30+/m1/s1. The summed E-state index contributed by atoms with van der Waals surface area (Å²) < 4.78 is 26.8. The van der Waals surface area contributed by atoms with E-state index in [1.807, 2.05) is 0 Å². The lowest BCUT2D eigenvalue weighted by atomic mass is 9.56. The Balaban J connectivity index is 2.17. The average Bonchev–Trinajstić information content (AvgIpc) is 3.11. The van der Waals surface area contributed by atoms with Crippen molar-refractivity contribution in [1.29, 1.82) is 0 Å². The summed E-state index contributed by atoms with van der Waals surface area (Å²) in [5, 5.41) is 0.0196. The summed E-state index contributed by atoms with van der Waals surface area (Å²) in [7, 11) is -4.38. The Hall–Kier alpha value is -0.706. The van der Waals surface area contributed by atoms with Crippen molar-refractivity contribution in [1.82, 2.24) is 0 Å². The minimum absolute atomic E-state index is 0.0196. The Bertz CT molecular complexity index is 902. The molecule has 38 heavy (non-hydrogen) atoms. The van der Waals surface area contributed by atoms with Crippen molar-refractivity contribution >= 4 is 28.6 Å². The maximum atomic E-state index is 13.2. The van der Waals surface area contributed by atoms with Gasteiger partial charge in [0.2, 0.25) is 8.32 Å². The summed E-state index contributed by atoms with van der Waals surface area (Å²) in [6, 6.07) is 0. The van der Waals surface area contributed by atoms with Gasteiger partial charge in [-0.1, -0.05) is 69.2 Å². The number of hydrogen-bond acceptors (Lipinski definition) is 6. The van der Waals surface area contributed by atoms with Crippen LogP contribution in [0.25, 0.3) is 0 Å². The normalized spacial score (nSPS) is 35.3. The van der Waals surface area contributed by atoms with E-state index >= 15 is 0 Å². The van der Waals surface area contributed by atoms with E-state index in [1.165, 1.54) is 0 Å². The monoisotopic (exact) mass is 568 g/mol. The van der Waals surface area contributed by atoms with Crippen molar-refractivity contribution in [2.24, 2.45) is 16.7 Å². The molecule has 0 unspecified atom stereocenters. The molecular formula is C30H56O6Si2. The van der Waals surface area contributed by atoms with Gasteiger partial charge < -0.3 is 18.3 Å². The van der Waals surface area contributed by atoms with Crippen LogP contribution >= 0.6 is 0 Å². The smallest absolute Gasteiger partial charge is 0.307 e. The van der Waals surface area contributed by atoms with E-state index in [4.69, 9.17) is 18.3 Å². The zero-order valence-corrected chi connectivity index (χ0v) is 28.7. The van der Waals surface area contributed by atoms with Crippen molar-refractivity contribution in [3.8, 4) is 0 Å². The lowest BCUT2D eigenvalue weighted by molar-refractivity contribution is -0.191. The van der Waals surface area contributed by atoms with E-state index in [0.717, 1.165) is 0 Å². The molecule has 0 amide bonds. The van der Waals surface area contributed by atoms with Gasteiger partial charge in [-0.25, -0.2) is 0 Å². The molecule has 2 aliphatic heterocycles. The van der Waals surface area contributed by atoms with Crippen LogP contribution in [0.5, 0.6) is 0 Å². The number of carbonyl (C=O) groups excluding carboxylic acids is 2. The first-order chi connectivity index (χ1) is 17.1. The molecule has 0 aromatic carbocycles. The van der Waals surface area contributed by atoms with Crippen LogP contribution in [0.2, 0.25) is 34.8 Å². The first-order valence-electron chi connectivity index (χ1n) is 14.9. The minimum Gasteiger partial charge on any atom is -0.465 e. The van der Waals surface area contributed by atoms with E-state index in [1.54, 1.807) is 0 Å². The van der Waals surface area contributed by atoms with Crippen molar-refractivity contribution in [2.45, 2.75) is 155 Å². The average molecular weight is 569 g/mol. The molecule has 3 aliphatic rings. The van der Waals surface area contributed by atoms with Crippen LogP contribution in [0.15, 0.2) is 0 Å². The van der Waals surface area contributed by atoms with E-state index in [9.17, 15) is 9.59 Å². The maximum absolute atomic E-state index is 13.2. The highest BCUT2D eigenvalue weighted by Crippen LogP contribution is 2.70. The van der Waals surface area contributed by atoms with Crippen LogP contribution < -0.4 is 0 Å². The third-order valence-electron chi connectivity index (χ3n) is 11.6. The van der Waals surface area contributed by atoms with Crippen LogP contribution in [0.4, 0.5) is 0 Å². The molecule has 0 spiro atoms. The molecule has 0 N–H and O–H groups in total. The maximum Gasteiger partial charge on any atom is 0.307 e. The van der Waals surface area contributed by atoms with Gasteiger partial charge in [-0.05, 0) is 54.5 Å². The van der Waals surface area contributed by atoms with Crippen LogP contribution in [-0.4, -0.2) is 53.0 Å². The molecule has 0 radical (unpaired) electrons. The number of cyclic esters (lactones) is 1. The van der Waals surface area contributed by atoms with Crippen molar-refractivity contribution in [3.05, 3.63) is 0 Å². The molecule has 1 saturated carbocycles. The lowest BCUT2D eigenvalue weighted by Crippen LogP contribution is -2.62. The Labute approximate surface area is 234 Å². The summed E-state index contributed by atoms with van der Waals surface area (Å²) >= 11 is 0. The van der Waals surface area contributed by atoms with Crippen LogP contribution in [-0.2, 0) is 27.9 Å².